The first-order valence-corrected chi connectivity index (χ1v) is 6.73. The van der Waals surface area contributed by atoms with E-state index in [1.807, 2.05) is 37.3 Å². The summed E-state index contributed by atoms with van der Waals surface area (Å²) in [6, 6.07) is 9.79. The van der Waals surface area contributed by atoms with Crippen LogP contribution in [0.5, 0.6) is 5.75 Å². The Bertz CT molecular complexity index is 302. The Morgan fingerprint density at radius 3 is 2.53 bits per heavy atom. The fraction of sp³-hybridized carbons (Fsp3) is 0.600. The topological polar surface area (TPSA) is 36.9 Å². The molecule has 1 aromatic carbocycles. The molecular weight excluding hydrogens is 244 g/mol. The van der Waals surface area contributed by atoms with Crippen LogP contribution in [-0.2, 0) is 14.2 Å². The minimum absolute atomic E-state index is 0.0746. The van der Waals surface area contributed by atoms with Crippen LogP contribution < -0.4 is 4.74 Å². The first-order valence-electron chi connectivity index (χ1n) is 6.73. The summed E-state index contributed by atoms with van der Waals surface area (Å²) in [5.74, 6) is 0.887. The summed E-state index contributed by atoms with van der Waals surface area (Å²) in [5, 5.41) is 0. The number of para-hydroxylation sites is 1. The van der Waals surface area contributed by atoms with Gasteiger partial charge in [-0.1, -0.05) is 18.2 Å². The highest BCUT2D eigenvalue weighted by atomic mass is 16.5. The number of rotatable bonds is 11. The maximum atomic E-state index is 5.65. The van der Waals surface area contributed by atoms with Crippen molar-refractivity contribution in [3.05, 3.63) is 30.3 Å². The molecule has 19 heavy (non-hydrogen) atoms. The van der Waals surface area contributed by atoms with Gasteiger partial charge in [-0.05, 0) is 19.1 Å². The molecule has 1 rings (SSSR count). The summed E-state index contributed by atoms with van der Waals surface area (Å²) >= 11 is 0. The van der Waals surface area contributed by atoms with Gasteiger partial charge in [-0.2, -0.15) is 0 Å². The highest BCUT2D eigenvalue weighted by molar-refractivity contribution is 5.20. The lowest BCUT2D eigenvalue weighted by molar-refractivity contribution is -0.0307. The van der Waals surface area contributed by atoms with E-state index in [2.05, 4.69) is 0 Å². The molecular formula is C15H24O4. The summed E-state index contributed by atoms with van der Waals surface area (Å²) in [4.78, 5) is 0. The molecule has 1 aromatic rings. The van der Waals surface area contributed by atoms with Crippen LogP contribution in [0.1, 0.15) is 13.3 Å². The average molecular weight is 268 g/mol. The van der Waals surface area contributed by atoms with Gasteiger partial charge in [0, 0.05) is 20.1 Å². The minimum atomic E-state index is 0.0746. The molecule has 0 aliphatic carbocycles. The van der Waals surface area contributed by atoms with E-state index in [-0.39, 0.29) is 6.10 Å². The van der Waals surface area contributed by atoms with E-state index in [1.165, 1.54) is 0 Å². The molecule has 0 saturated carbocycles. The van der Waals surface area contributed by atoms with Gasteiger partial charge in [0.1, 0.15) is 5.75 Å². The van der Waals surface area contributed by atoms with Crippen LogP contribution in [0, 0.1) is 0 Å². The van der Waals surface area contributed by atoms with Crippen LogP contribution in [0.2, 0.25) is 0 Å². The van der Waals surface area contributed by atoms with Crippen molar-refractivity contribution in [2.24, 2.45) is 0 Å². The first-order chi connectivity index (χ1) is 9.36. The van der Waals surface area contributed by atoms with Gasteiger partial charge in [0.05, 0.1) is 32.5 Å². The van der Waals surface area contributed by atoms with Crippen LogP contribution in [0.3, 0.4) is 0 Å². The third-order valence-corrected chi connectivity index (χ3v) is 2.59. The molecule has 1 unspecified atom stereocenters. The van der Waals surface area contributed by atoms with Crippen molar-refractivity contribution in [3.63, 3.8) is 0 Å². The zero-order chi connectivity index (χ0) is 13.8. The van der Waals surface area contributed by atoms with Crippen molar-refractivity contribution in [2.75, 3.05) is 40.1 Å². The summed E-state index contributed by atoms with van der Waals surface area (Å²) in [5.41, 5.74) is 0. The van der Waals surface area contributed by atoms with Crippen LogP contribution in [0.15, 0.2) is 30.3 Å². The van der Waals surface area contributed by atoms with Crippen LogP contribution in [0.25, 0.3) is 0 Å². The fourth-order valence-corrected chi connectivity index (χ4v) is 1.63. The normalized spacial score (nSPS) is 12.3. The number of ether oxygens (including phenoxy) is 4. The minimum Gasteiger partial charge on any atom is -0.493 e. The SMILES string of the molecule is CCOC(CCOc1ccccc1)COCCOC. The van der Waals surface area contributed by atoms with Gasteiger partial charge in [-0.3, -0.25) is 0 Å². The Kier molecular flexibility index (Phi) is 9.06. The highest BCUT2D eigenvalue weighted by Gasteiger charge is 2.09. The van der Waals surface area contributed by atoms with Gasteiger partial charge in [-0.25, -0.2) is 0 Å². The predicted molar refractivity (Wildman–Crippen MR) is 74.7 cm³/mol. The lowest BCUT2D eigenvalue weighted by Crippen LogP contribution is -2.23. The van der Waals surface area contributed by atoms with Gasteiger partial charge in [0.15, 0.2) is 0 Å². The van der Waals surface area contributed by atoms with E-state index in [4.69, 9.17) is 18.9 Å². The third kappa shape index (κ3) is 7.82. The lowest BCUT2D eigenvalue weighted by Gasteiger charge is -2.17. The molecule has 0 aliphatic heterocycles. The van der Waals surface area contributed by atoms with E-state index in [9.17, 15) is 0 Å². The number of benzene rings is 1. The molecule has 0 bridgehead atoms. The maximum Gasteiger partial charge on any atom is 0.119 e. The van der Waals surface area contributed by atoms with E-state index >= 15 is 0 Å². The third-order valence-electron chi connectivity index (χ3n) is 2.59. The molecule has 0 spiro atoms. The average Bonchev–Trinajstić information content (AvgIpc) is 2.44. The molecule has 0 N–H and O–H groups in total. The summed E-state index contributed by atoms with van der Waals surface area (Å²) in [7, 11) is 1.66. The smallest absolute Gasteiger partial charge is 0.119 e. The number of hydrogen-bond acceptors (Lipinski definition) is 4. The van der Waals surface area contributed by atoms with E-state index in [1.54, 1.807) is 7.11 Å². The molecule has 4 nitrogen and oxygen atoms in total. The largest absolute Gasteiger partial charge is 0.493 e. The van der Waals surface area contributed by atoms with Crippen molar-refractivity contribution in [2.45, 2.75) is 19.4 Å². The molecule has 0 amide bonds. The molecule has 0 heterocycles. The molecule has 4 heteroatoms. The van der Waals surface area contributed by atoms with Gasteiger partial charge < -0.3 is 18.9 Å². The van der Waals surface area contributed by atoms with E-state index in [0.29, 0.717) is 33.0 Å². The Morgan fingerprint density at radius 1 is 1.05 bits per heavy atom. The quantitative estimate of drug-likeness (QED) is 0.578. The summed E-state index contributed by atoms with van der Waals surface area (Å²) in [6.45, 7) is 5.08. The Balaban J connectivity index is 2.17. The Hall–Kier alpha value is -1.10. The maximum absolute atomic E-state index is 5.65. The van der Waals surface area contributed by atoms with Gasteiger partial charge in [0.2, 0.25) is 0 Å². The molecule has 0 aromatic heterocycles. The number of hydrogen-bond donors (Lipinski definition) is 0. The van der Waals surface area contributed by atoms with Gasteiger partial charge in [0.25, 0.3) is 0 Å². The second-order valence-electron chi connectivity index (χ2n) is 4.10. The van der Waals surface area contributed by atoms with Crippen molar-refractivity contribution in [1.29, 1.82) is 0 Å². The second-order valence-corrected chi connectivity index (χ2v) is 4.10. The zero-order valence-electron chi connectivity index (χ0n) is 11.8. The standard InChI is InChI=1S/C15H24O4/c1-3-18-15(13-17-12-11-16-2)9-10-19-14-7-5-4-6-8-14/h4-8,15H,3,9-13H2,1-2H3. The van der Waals surface area contributed by atoms with Crippen molar-refractivity contribution in [3.8, 4) is 5.75 Å². The lowest BCUT2D eigenvalue weighted by atomic mass is 10.3. The highest BCUT2D eigenvalue weighted by Crippen LogP contribution is 2.09. The monoisotopic (exact) mass is 268 g/mol. The molecule has 1 atom stereocenters. The molecule has 108 valence electrons. The Morgan fingerprint density at radius 2 is 1.84 bits per heavy atom. The van der Waals surface area contributed by atoms with Crippen LogP contribution >= 0.6 is 0 Å². The van der Waals surface area contributed by atoms with Gasteiger partial charge in [-0.15, -0.1) is 0 Å². The number of methoxy groups -OCH3 is 1. The van der Waals surface area contributed by atoms with Crippen molar-refractivity contribution < 1.29 is 18.9 Å². The van der Waals surface area contributed by atoms with E-state index in [0.717, 1.165) is 12.2 Å². The van der Waals surface area contributed by atoms with Gasteiger partial charge >= 0.3 is 0 Å². The summed E-state index contributed by atoms with van der Waals surface area (Å²) in [6.07, 6.45) is 0.890. The molecule has 0 fully saturated rings. The zero-order valence-corrected chi connectivity index (χ0v) is 11.8. The van der Waals surface area contributed by atoms with Crippen molar-refractivity contribution >= 4 is 0 Å². The molecule has 0 aliphatic rings. The second kappa shape index (κ2) is 10.8. The predicted octanol–water partition coefficient (Wildman–Crippen LogP) is 2.52. The Labute approximate surface area is 115 Å². The fourth-order valence-electron chi connectivity index (χ4n) is 1.63. The summed E-state index contributed by atoms with van der Waals surface area (Å²) < 4.78 is 21.7. The van der Waals surface area contributed by atoms with Crippen LogP contribution in [0.4, 0.5) is 0 Å². The molecule has 0 radical (unpaired) electrons. The van der Waals surface area contributed by atoms with E-state index < -0.39 is 0 Å². The van der Waals surface area contributed by atoms with Crippen LogP contribution in [-0.4, -0.2) is 46.2 Å². The van der Waals surface area contributed by atoms with Crippen molar-refractivity contribution in [1.82, 2.24) is 0 Å². The first kappa shape index (κ1) is 16.0. The molecule has 0 saturated heterocycles.